The molecular formula is C16H15BrFNO2. The predicted molar refractivity (Wildman–Crippen MR) is 84.0 cm³/mol. The summed E-state index contributed by atoms with van der Waals surface area (Å²) in [6.07, 6.45) is -0.726. The van der Waals surface area contributed by atoms with Crippen LogP contribution < -0.4 is 10.1 Å². The summed E-state index contributed by atoms with van der Waals surface area (Å²) in [4.78, 5) is 12.0. The third-order valence-electron chi connectivity index (χ3n) is 2.89. The van der Waals surface area contributed by atoms with Crippen molar-refractivity contribution in [3.8, 4) is 5.75 Å². The molecule has 1 unspecified atom stereocenters. The average molecular weight is 352 g/mol. The lowest BCUT2D eigenvalue weighted by molar-refractivity contribution is -0.122. The Kier molecular flexibility index (Phi) is 4.96. The Balaban J connectivity index is 2.00. The molecule has 5 heteroatoms. The number of hydrogen-bond acceptors (Lipinski definition) is 2. The van der Waals surface area contributed by atoms with E-state index >= 15 is 0 Å². The maximum atomic E-state index is 13.7. The van der Waals surface area contributed by atoms with Crippen molar-refractivity contribution in [1.82, 2.24) is 0 Å². The molecule has 0 fully saturated rings. The lowest BCUT2D eigenvalue weighted by Crippen LogP contribution is -2.30. The van der Waals surface area contributed by atoms with E-state index in [9.17, 15) is 9.18 Å². The lowest BCUT2D eigenvalue weighted by Gasteiger charge is -2.15. The molecular weight excluding hydrogens is 337 g/mol. The van der Waals surface area contributed by atoms with Crippen molar-refractivity contribution in [1.29, 1.82) is 0 Å². The summed E-state index contributed by atoms with van der Waals surface area (Å²) >= 11 is 3.16. The number of amides is 1. The Labute approximate surface area is 131 Å². The number of rotatable bonds is 4. The van der Waals surface area contributed by atoms with Gasteiger partial charge in [0.25, 0.3) is 5.91 Å². The van der Waals surface area contributed by atoms with Gasteiger partial charge in [-0.25, -0.2) is 4.39 Å². The monoisotopic (exact) mass is 351 g/mol. The molecule has 0 saturated carbocycles. The van der Waals surface area contributed by atoms with Crippen molar-refractivity contribution >= 4 is 27.5 Å². The first kappa shape index (κ1) is 15.5. The number of carbonyl (C=O) groups is 1. The van der Waals surface area contributed by atoms with Crippen LogP contribution in [0.25, 0.3) is 0 Å². The first-order valence-electron chi connectivity index (χ1n) is 6.45. The molecule has 3 nitrogen and oxygen atoms in total. The van der Waals surface area contributed by atoms with Crippen LogP contribution in [-0.2, 0) is 4.79 Å². The van der Waals surface area contributed by atoms with E-state index in [0.29, 0.717) is 10.2 Å². The molecule has 0 aliphatic carbocycles. The maximum absolute atomic E-state index is 13.7. The van der Waals surface area contributed by atoms with Crippen LogP contribution in [0.15, 0.2) is 46.9 Å². The quantitative estimate of drug-likeness (QED) is 0.891. The summed E-state index contributed by atoms with van der Waals surface area (Å²) < 4.78 is 19.8. The van der Waals surface area contributed by atoms with E-state index in [2.05, 4.69) is 21.2 Å². The van der Waals surface area contributed by atoms with Gasteiger partial charge in [-0.3, -0.25) is 4.79 Å². The first-order valence-corrected chi connectivity index (χ1v) is 7.24. The number of benzene rings is 2. The van der Waals surface area contributed by atoms with Gasteiger partial charge < -0.3 is 10.1 Å². The highest BCUT2D eigenvalue weighted by Crippen LogP contribution is 2.20. The van der Waals surface area contributed by atoms with Gasteiger partial charge >= 0.3 is 0 Å². The van der Waals surface area contributed by atoms with Crippen molar-refractivity contribution in [2.24, 2.45) is 0 Å². The van der Waals surface area contributed by atoms with Gasteiger partial charge in [0.1, 0.15) is 11.6 Å². The van der Waals surface area contributed by atoms with Crippen molar-refractivity contribution < 1.29 is 13.9 Å². The molecule has 2 aromatic carbocycles. The van der Waals surface area contributed by atoms with Crippen molar-refractivity contribution in [3.63, 3.8) is 0 Å². The number of halogens is 2. The summed E-state index contributed by atoms with van der Waals surface area (Å²) in [6.45, 7) is 3.59. The average Bonchev–Trinajstić information content (AvgIpc) is 2.44. The number of carbonyl (C=O) groups excluding carboxylic acids is 1. The highest BCUT2D eigenvalue weighted by Gasteiger charge is 2.16. The second-order valence-corrected chi connectivity index (χ2v) is 5.60. The Hall–Kier alpha value is -1.88. The minimum atomic E-state index is -0.726. The minimum Gasteiger partial charge on any atom is -0.481 e. The van der Waals surface area contributed by atoms with Gasteiger partial charge in [0, 0.05) is 4.47 Å². The molecule has 0 aliphatic heterocycles. The fourth-order valence-corrected chi connectivity index (χ4v) is 2.03. The van der Waals surface area contributed by atoms with E-state index in [-0.39, 0.29) is 5.69 Å². The molecule has 0 spiro atoms. The molecule has 0 heterocycles. The molecule has 2 rings (SSSR count). The highest BCUT2D eigenvalue weighted by atomic mass is 79.9. The largest absolute Gasteiger partial charge is 0.481 e. The van der Waals surface area contributed by atoms with Gasteiger partial charge in [0.2, 0.25) is 0 Å². The van der Waals surface area contributed by atoms with E-state index in [1.54, 1.807) is 25.1 Å². The zero-order valence-electron chi connectivity index (χ0n) is 11.7. The standard InChI is InChI=1S/C16H15BrFNO2/c1-10-3-6-13(7-4-10)21-11(2)16(20)19-15-8-5-12(17)9-14(15)18/h3-9,11H,1-2H3,(H,19,20). The topological polar surface area (TPSA) is 38.3 Å². The molecule has 0 bridgehead atoms. The normalized spacial score (nSPS) is 11.8. The Morgan fingerprint density at radius 1 is 1.24 bits per heavy atom. The molecule has 1 atom stereocenters. The van der Waals surface area contributed by atoms with Crippen LogP contribution in [0.4, 0.5) is 10.1 Å². The number of ether oxygens (including phenoxy) is 1. The third-order valence-corrected chi connectivity index (χ3v) is 3.39. The third kappa shape index (κ3) is 4.29. The van der Waals surface area contributed by atoms with Crippen LogP contribution in [0.2, 0.25) is 0 Å². The summed E-state index contributed by atoms with van der Waals surface area (Å²) in [5, 5.41) is 2.51. The molecule has 0 aromatic heterocycles. The van der Waals surface area contributed by atoms with E-state index in [1.165, 1.54) is 12.1 Å². The zero-order valence-corrected chi connectivity index (χ0v) is 13.3. The lowest BCUT2D eigenvalue weighted by atomic mass is 10.2. The van der Waals surface area contributed by atoms with Crippen LogP contribution in [0, 0.1) is 12.7 Å². The maximum Gasteiger partial charge on any atom is 0.265 e. The van der Waals surface area contributed by atoms with Crippen molar-refractivity contribution in [3.05, 3.63) is 58.3 Å². The summed E-state index contributed by atoms with van der Waals surface area (Å²) in [7, 11) is 0. The van der Waals surface area contributed by atoms with Crippen molar-refractivity contribution in [2.75, 3.05) is 5.32 Å². The van der Waals surface area contributed by atoms with Gasteiger partial charge in [-0.15, -0.1) is 0 Å². The highest BCUT2D eigenvalue weighted by molar-refractivity contribution is 9.10. The van der Waals surface area contributed by atoms with Crippen LogP contribution >= 0.6 is 15.9 Å². The fourth-order valence-electron chi connectivity index (χ4n) is 1.70. The van der Waals surface area contributed by atoms with Gasteiger partial charge in [-0.1, -0.05) is 33.6 Å². The molecule has 110 valence electrons. The Bertz CT molecular complexity index is 643. The SMILES string of the molecule is Cc1ccc(OC(C)C(=O)Nc2ccc(Br)cc2F)cc1. The van der Waals surface area contributed by atoms with Crippen LogP contribution in [-0.4, -0.2) is 12.0 Å². The van der Waals surface area contributed by atoms with Gasteiger partial charge in [-0.2, -0.15) is 0 Å². The summed E-state index contributed by atoms with van der Waals surface area (Å²) in [5.41, 5.74) is 1.24. The minimum absolute atomic E-state index is 0.127. The number of hydrogen-bond donors (Lipinski definition) is 1. The van der Waals surface area contributed by atoms with Crippen LogP contribution in [0.1, 0.15) is 12.5 Å². The van der Waals surface area contributed by atoms with E-state index in [0.717, 1.165) is 5.56 Å². The Morgan fingerprint density at radius 3 is 2.52 bits per heavy atom. The second kappa shape index (κ2) is 6.72. The van der Waals surface area contributed by atoms with Gasteiger partial charge in [0.15, 0.2) is 6.10 Å². The molecule has 2 aromatic rings. The number of aryl methyl sites for hydroxylation is 1. The zero-order chi connectivity index (χ0) is 15.4. The van der Waals surface area contributed by atoms with Gasteiger partial charge in [-0.05, 0) is 44.2 Å². The molecule has 21 heavy (non-hydrogen) atoms. The molecule has 0 saturated heterocycles. The molecule has 1 amide bonds. The Morgan fingerprint density at radius 2 is 1.90 bits per heavy atom. The van der Waals surface area contributed by atoms with Gasteiger partial charge in [0.05, 0.1) is 5.69 Å². The number of nitrogens with one attached hydrogen (secondary N) is 1. The molecule has 0 aliphatic rings. The second-order valence-electron chi connectivity index (χ2n) is 4.69. The van der Waals surface area contributed by atoms with E-state index < -0.39 is 17.8 Å². The van der Waals surface area contributed by atoms with E-state index in [4.69, 9.17) is 4.74 Å². The van der Waals surface area contributed by atoms with Crippen molar-refractivity contribution in [2.45, 2.75) is 20.0 Å². The number of anilines is 1. The first-order chi connectivity index (χ1) is 9.95. The van der Waals surface area contributed by atoms with Crippen LogP contribution in [0.3, 0.4) is 0 Å². The summed E-state index contributed by atoms with van der Waals surface area (Å²) in [5.74, 6) is -0.309. The smallest absolute Gasteiger partial charge is 0.265 e. The van der Waals surface area contributed by atoms with Crippen LogP contribution in [0.5, 0.6) is 5.75 Å². The predicted octanol–water partition coefficient (Wildman–Crippen LogP) is 4.30. The molecule has 1 N–H and O–H groups in total. The molecule has 0 radical (unpaired) electrons. The summed E-state index contributed by atoms with van der Waals surface area (Å²) in [6, 6.07) is 11.8. The van der Waals surface area contributed by atoms with E-state index in [1.807, 2.05) is 19.1 Å². The fraction of sp³-hybridized carbons (Fsp3) is 0.188.